The Balaban J connectivity index is 2.26. The van der Waals surface area contributed by atoms with Crippen LogP contribution in [0.2, 0.25) is 0 Å². The van der Waals surface area contributed by atoms with Crippen molar-refractivity contribution in [2.75, 3.05) is 0 Å². The van der Waals surface area contributed by atoms with Crippen LogP contribution in [0.15, 0.2) is 42.6 Å². The fourth-order valence-electron chi connectivity index (χ4n) is 1.68. The van der Waals surface area contributed by atoms with Gasteiger partial charge in [-0.15, -0.1) is 0 Å². The van der Waals surface area contributed by atoms with Gasteiger partial charge in [0.1, 0.15) is 0 Å². The van der Waals surface area contributed by atoms with Crippen LogP contribution in [0.4, 0.5) is 0 Å². The third-order valence-electron chi connectivity index (χ3n) is 2.51. The summed E-state index contributed by atoms with van der Waals surface area (Å²) in [5.41, 5.74) is 3.87. The van der Waals surface area contributed by atoms with Crippen LogP contribution in [0.25, 0.3) is 11.1 Å². The smallest absolute Gasteiger partial charge is 0.309 e. The first-order chi connectivity index (χ1) is 8.15. The summed E-state index contributed by atoms with van der Waals surface area (Å²) in [6.45, 7) is 2.04. The van der Waals surface area contributed by atoms with E-state index in [1.807, 2.05) is 31.2 Å². The maximum absolute atomic E-state index is 10.5. The van der Waals surface area contributed by atoms with E-state index in [0.717, 1.165) is 11.1 Å². The molecule has 0 spiro atoms. The van der Waals surface area contributed by atoms with Crippen LogP contribution in [0.1, 0.15) is 11.3 Å². The molecule has 0 atom stereocenters. The van der Waals surface area contributed by atoms with Crippen molar-refractivity contribution in [2.24, 2.45) is 0 Å². The summed E-state index contributed by atoms with van der Waals surface area (Å²) in [6.07, 6.45) is 1.68. The highest BCUT2D eigenvalue weighted by Gasteiger charge is 2.03. The van der Waals surface area contributed by atoms with E-state index in [9.17, 15) is 4.79 Å². The molecule has 2 rings (SSSR count). The molecule has 2 aromatic rings. The molecule has 1 N–H and O–H groups in total. The van der Waals surface area contributed by atoms with Crippen LogP contribution < -0.4 is 0 Å². The van der Waals surface area contributed by atoms with Crippen LogP contribution in [0, 0.1) is 6.92 Å². The van der Waals surface area contributed by atoms with Crippen LogP contribution in [-0.2, 0) is 11.2 Å². The molecule has 0 saturated carbocycles. The second kappa shape index (κ2) is 4.78. The van der Waals surface area contributed by atoms with Crippen LogP contribution in [0.3, 0.4) is 0 Å². The number of hydrogen-bond acceptors (Lipinski definition) is 2. The minimum absolute atomic E-state index is 0.0336. The van der Waals surface area contributed by atoms with Crippen LogP contribution in [0.5, 0.6) is 0 Å². The number of carboxylic acids is 1. The molecule has 86 valence electrons. The molecule has 0 fully saturated rings. The summed E-state index contributed by atoms with van der Waals surface area (Å²) in [5.74, 6) is -0.860. The van der Waals surface area contributed by atoms with Gasteiger partial charge in [-0.2, -0.15) is 0 Å². The van der Waals surface area contributed by atoms with Gasteiger partial charge in [0.05, 0.1) is 12.1 Å². The van der Waals surface area contributed by atoms with Crippen molar-refractivity contribution in [3.63, 3.8) is 0 Å². The standard InChI is InChI=1S/C14H13NO2/c1-10-3-2-4-11(7-10)12-5-6-13(15-9-12)8-14(16)17/h2-7,9H,8H2,1H3,(H,16,17). The van der Waals surface area contributed by atoms with Gasteiger partial charge < -0.3 is 5.11 Å². The Hall–Kier alpha value is -2.16. The summed E-state index contributed by atoms with van der Waals surface area (Å²) in [4.78, 5) is 14.7. The highest BCUT2D eigenvalue weighted by atomic mass is 16.4. The molecule has 17 heavy (non-hydrogen) atoms. The van der Waals surface area contributed by atoms with E-state index >= 15 is 0 Å². The summed E-state index contributed by atoms with van der Waals surface area (Å²) >= 11 is 0. The average Bonchev–Trinajstić information content (AvgIpc) is 2.29. The van der Waals surface area contributed by atoms with E-state index in [1.54, 1.807) is 12.3 Å². The number of aryl methyl sites for hydroxylation is 1. The molecule has 3 nitrogen and oxygen atoms in total. The molecule has 0 bridgehead atoms. The van der Waals surface area contributed by atoms with E-state index in [0.29, 0.717) is 5.69 Å². The van der Waals surface area contributed by atoms with E-state index < -0.39 is 5.97 Å². The van der Waals surface area contributed by atoms with Gasteiger partial charge in [-0.3, -0.25) is 9.78 Å². The summed E-state index contributed by atoms with van der Waals surface area (Å²) in [7, 11) is 0. The quantitative estimate of drug-likeness (QED) is 0.877. The second-order valence-electron chi connectivity index (χ2n) is 3.98. The average molecular weight is 227 g/mol. The highest BCUT2D eigenvalue weighted by molar-refractivity contribution is 5.70. The number of nitrogens with zero attached hydrogens (tertiary/aromatic N) is 1. The van der Waals surface area contributed by atoms with E-state index in [-0.39, 0.29) is 6.42 Å². The Labute approximate surface area is 99.8 Å². The summed E-state index contributed by atoms with van der Waals surface area (Å²) in [5, 5.41) is 8.65. The number of carbonyl (C=O) groups is 1. The fourth-order valence-corrected chi connectivity index (χ4v) is 1.68. The normalized spacial score (nSPS) is 10.2. The number of benzene rings is 1. The lowest BCUT2D eigenvalue weighted by molar-refractivity contribution is -0.136. The lowest BCUT2D eigenvalue weighted by Crippen LogP contribution is -2.01. The Morgan fingerprint density at radius 3 is 2.65 bits per heavy atom. The van der Waals surface area contributed by atoms with Crippen molar-refractivity contribution >= 4 is 5.97 Å². The number of aliphatic carboxylic acids is 1. The molecule has 3 heteroatoms. The van der Waals surface area contributed by atoms with Gasteiger partial charge in [-0.05, 0) is 18.6 Å². The maximum Gasteiger partial charge on any atom is 0.309 e. The maximum atomic E-state index is 10.5. The molecule has 0 unspecified atom stereocenters. The molecule has 0 saturated heterocycles. The SMILES string of the molecule is Cc1cccc(-c2ccc(CC(=O)O)nc2)c1. The Morgan fingerprint density at radius 2 is 2.06 bits per heavy atom. The zero-order valence-corrected chi connectivity index (χ0v) is 9.55. The molecular formula is C14H13NO2. The first-order valence-electron chi connectivity index (χ1n) is 5.39. The van der Waals surface area contributed by atoms with Crippen LogP contribution in [-0.4, -0.2) is 16.1 Å². The van der Waals surface area contributed by atoms with Crippen molar-refractivity contribution in [3.05, 3.63) is 53.9 Å². The summed E-state index contributed by atoms with van der Waals surface area (Å²) < 4.78 is 0. The Kier molecular flexibility index (Phi) is 3.19. The molecule has 0 aliphatic heterocycles. The molecule has 0 aliphatic rings. The zero-order chi connectivity index (χ0) is 12.3. The van der Waals surface area contributed by atoms with Gasteiger partial charge in [-0.1, -0.05) is 35.9 Å². The van der Waals surface area contributed by atoms with Crippen molar-refractivity contribution in [1.29, 1.82) is 0 Å². The number of carboxylic acid groups (broad SMARTS) is 1. The zero-order valence-electron chi connectivity index (χ0n) is 9.55. The van der Waals surface area contributed by atoms with Crippen LogP contribution >= 0.6 is 0 Å². The van der Waals surface area contributed by atoms with Gasteiger partial charge in [0.15, 0.2) is 0 Å². The third kappa shape index (κ3) is 2.91. The van der Waals surface area contributed by atoms with Gasteiger partial charge in [0.2, 0.25) is 0 Å². The Morgan fingerprint density at radius 1 is 1.24 bits per heavy atom. The lowest BCUT2D eigenvalue weighted by Gasteiger charge is -2.03. The number of aromatic nitrogens is 1. The first kappa shape index (κ1) is 11.3. The molecule has 1 heterocycles. The van der Waals surface area contributed by atoms with Gasteiger partial charge in [0.25, 0.3) is 0 Å². The number of pyridine rings is 1. The minimum Gasteiger partial charge on any atom is -0.481 e. The third-order valence-corrected chi connectivity index (χ3v) is 2.51. The number of hydrogen-bond donors (Lipinski definition) is 1. The van der Waals surface area contributed by atoms with Gasteiger partial charge >= 0.3 is 5.97 Å². The van der Waals surface area contributed by atoms with Crippen molar-refractivity contribution in [2.45, 2.75) is 13.3 Å². The van der Waals surface area contributed by atoms with Crippen molar-refractivity contribution < 1.29 is 9.90 Å². The molecule has 0 radical (unpaired) electrons. The van der Waals surface area contributed by atoms with E-state index in [4.69, 9.17) is 5.11 Å². The Bertz CT molecular complexity index is 532. The topological polar surface area (TPSA) is 50.2 Å². The molecule has 1 aromatic carbocycles. The van der Waals surface area contributed by atoms with Crippen molar-refractivity contribution in [3.8, 4) is 11.1 Å². The van der Waals surface area contributed by atoms with Gasteiger partial charge in [0, 0.05) is 11.8 Å². The minimum atomic E-state index is -0.860. The monoisotopic (exact) mass is 227 g/mol. The van der Waals surface area contributed by atoms with Gasteiger partial charge in [-0.25, -0.2) is 0 Å². The molecule has 0 amide bonds. The predicted molar refractivity (Wildman–Crippen MR) is 65.7 cm³/mol. The number of rotatable bonds is 3. The summed E-state index contributed by atoms with van der Waals surface area (Å²) in [6, 6.07) is 11.8. The fraction of sp³-hybridized carbons (Fsp3) is 0.143. The molecule has 0 aliphatic carbocycles. The molecular weight excluding hydrogens is 214 g/mol. The largest absolute Gasteiger partial charge is 0.481 e. The first-order valence-corrected chi connectivity index (χ1v) is 5.39. The van der Waals surface area contributed by atoms with E-state index in [2.05, 4.69) is 11.1 Å². The highest BCUT2D eigenvalue weighted by Crippen LogP contribution is 2.19. The van der Waals surface area contributed by atoms with Crippen molar-refractivity contribution in [1.82, 2.24) is 4.98 Å². The van der Waals surface area contributed by atoms with E-state index in [1.165, 1.54) is 5.56 Å². The second-order valence-corrected chi connectivity index (χ2v) is 3.98. The lowest BCUT2D eigenvalue weighted by atomic mass is 10.1. The molecule has 1 aromatic heterocycles. The predicted octanol–water partition coefficient (Wildman–Crippen LogP) is 2.68.